The minimum absolute atomic E-state index is 0.499. The first-order chi connectivity index (χ1) is 9.11. The number of thiocarbonyl (C=S) groups is 1. The van der Waals surface area contributed by atoms with Gasteiger partial charge in [-0.1, -0.05) is 50.0 Å². The molecule has 1 fully saturated rings. The quantitative estimate of drug-likeness (QED) is 0.673. The molecule has 3 heteroatoms. The van der Waals surface area contributed by atoms with Crippen LogP contribution in [0.1, 0.15) is 49.7 Å². The molecule has 0 aliphatic heterocycles. The summed E-state index contributed by atoms with van der Waals surface area (Å²) in [6, 6.07) is 6.84. The molecule has 1 aliphatic rings. The van der Waals surface area contributed by atoms with Gasteiger partial charge in [-0.05, 0) is 31.4 Å². The van der Waals surface area contributed by atoms with E-state index in [1.807, 2.05) is 12.1 Å². The van der Waals surface area contributed by atoms with Crippen molar-refractivity contribution < 1.29 is 0 Å². The van der Waals surface area contributed by atoms with E-state index in [9.17, 15) is 0 Å². The molecule has 104 valence electrons. The van der Waals surface area contributed by atoms with Crippen molar-refractivity contribution in [2.24, 2.45) is 5.73 Å². The summed E-state index contributed by atoms with van der Waals surface area (Å²) < 4.78 is 0. The van der Waals surface area contributed by atoms with E-state index in [1.165, 1.54) is 49.8 Å². The van der Waals surface area contributed by atoms with E-state index in [-0.39, 0.29) is 0 Å². The smallest absolute Gasteiger partial charge is 0.106 e. The third-order valence-corrected chi connectivity index (χ3v) is 4.45. The largest absolute Gasteiger partial charge is 0.389 e. The minimum Gasteiger partial charge on any atom is -0.389 e. The van der Waals surface area contributed by atoms with Crippen LogP contribution in [0.5, 0.6) is 0 Å². The van der Waals surface area contributed by atoms with Gasteiger partial charge in [0.1, 0.15) is 4.99 Å². The lowest BCUT2D eigenvalue weighted by atomic mass is 10.0. The second-order valence-electron chi connectivity index (χ2n) is 5.59. The second kappa shape index (κ2) is 6.38. The highest BCUT2D eigenvalue weighted by molar-refractivity contribution is 7.80. The number of para-hydroxylation sites is 1. The number of anilines is 1. The van der Waals surface area contributed by atoms with Gasteiger partial charge in [-0.2, -0.15) is 0 Å². The number of benzene rings is 1. The van der Waals surface area contributed by atoms with Gasteiger partial charge in [-0.3, -0.25) is 0 Å². The van der Waals surface area contributed by atoms with Crippen LogP contribution in [-0.2, 0) is 0 Å². The Morgan fingerprint density at radius 3 is 2.42 bits per heavy atom. The van der Waals surface area contributed by atoms with Crippen LogP contribution in [0.3, 0.4) is 0 Å². The first kappa shape index (κ1) is 14.3. The summed E-state index contributed by atoms with van der Waals surface area (Å²) in [4.78, 5) is 2.91. The van der Waals surface area contributed by atoms with Gasteiger partial charge < -0.3 is 10.6 Å². The highest BCUT2D eigenvalue weighted by Gasteiger charge is 2.21. The van der Waals surface area contributed by atoms with Crippen molar-refractivity contribution in [1.29, 1.82) is 0 Å². The molecule has 0 radical (unpaired) electrons. The van der Waals surface area contributed by atoms with E-state index < -0.39 is 0 Å². The molecule has 0 heterocycles. The van der Waals surface area contributed by atoms with Gasteiger partial charge in [0.25, 0.3) is 0 Å². The lowest BCUT2D eigenvalue weighted by Gasteiger charge is -2.32. The number of aryl methyl sites for hydroxylation is 1. The van der Waals surface area contributed by atoms with Crippen LogP contribution in [-0.4, -0.2) is 18.1 Å². The van der Waals surface area contributed by atoms with Crippen molar-refractivity contribution in [3.05, 3.63) is 29.3 Å². The summed E-state index contributed by atoms with van der Waals surface area (Å²) in [6.07, 6.45) is 7.98. The van der Waals surface area contributed by atoms with Gasteiger partial charge in [-0.25, -0.2) is 0 Å². The van der Waals surface area contributed by atoms with Crippen molar-refractivity contribution in [2.45, 2.75) is 51.5 Å². The Morgan fingerprint density at radius 1 is 1.21 bits per heavy atom. The zero-order valence-electron chi connectivity index (χ0n) is 12.0. The molecule has 1 aromatic carbocycles. The summed E-state index contributed by atoms with van der Waals surface area (Å²) >= 11 is 5.21. The van der Waals surface area contributed by atoms with Crippen molar-refractivity contribution in [2.75, 3.05) is 11.9 Å². The number of rotatable bonds is 3. The number of hydrogen-bond donors (Lipinski definition) is 1. The van der Waals surface area contributed by atoms with Crippen LogP contribution in [0.25, 0.3) is 0 Å². The summed E-state index contributed by atoms with van der Waals surface area (Å²) in [5, 5.41) is 0. The van der Waals surface area contributed by atoms with E-state index >= 15 is 0 Å². The molecule has 1 aromatic rings. The van der Waals surface area contributed by atoms with E-state index in [0.29, 0.717) is 11.0 Å². The average Bonchev–Trinajstić information content (AvgIpc) is 2.66. The van der Waals surface area contributed by atoms with Crippen LogP contribution < -0.4 is 10.6 Å². The summed E-state index contributed by atoms with van der Waals surface area (Å²) in [5.74, 6) is 0. The van der Waals surface area contributed by atoms with Crippen LogP contribution in [0.4, 0.5) is 5.69 Å². The Hall–Kier alpha value is -1.09. The molecule has 2 nitrogen and oxygen atoms in total. The lowest BCUT2D eigenvalue weighted by Crippen LogP contribution is -2.33. The summed E-state index contributed by atoms with van der Waals surface area (Å²) in [5.41, 5.74) is 9.39. The SMILES string of the molecule is Cc1cccc(C(N)=S)c1N(C)C1CCCCCC1. The zero-order chi connectivity index (χ0) is 13.8. The Labute approximate surface area is 122 Å². The molecule has 0 amide bonds. The van der Waals surface area contributed by atoms with E-state index in [4.69, 9.17) is 18.0 Å². The standard InChI is InChI=1S/C16H24N2S/c1-12-8-7-11-14(16(17)19)15(12)18(2)13-9-5-3-4-6-10-13/h7-8,11,13H,3-6,9-10H2,1-2H3,(H2,17,19). The molecule has 0 aromatic heterocycles. The maximum atomic E-state index is 5.89. The molecule has 0 spiro atoms. The summed E-state index contributed by atoms with van der Waals surface area (Å²) in [6.45, 7) is 2.14. The molecule has 0 atom stereocenters. The van der Waals surface area contributed by atoms with E-state index in [0.717, 1.165) is 5.56 Å². The molecule has 1 saturated carbocycles. The fraction of sp³-hybridized carbons (Fsp3) is 0.562. The molecule has 2 rings (SSSR count). The summed E-state index contributed by atoms with van der Waals surface area (Å²) in [7, 11) is 2.19. The van der Waals surface area contributed by atoms with Gasteiger partial charge >= 0.3 is 0 Å². The Morgan fingerprint density at radius 2 is 1.84 bits per heavy atom. The van der Waals surface area contributed by atoms with Crippen molar-refractivity contribution >= 4 is 22.9 Å². The third-order valence-electron chi connectivity index (χ3n) is 4.23. The fourth-order valence-electron chi connectivity index (χ4n) is 3.15. The zero-order valence-corrected chi connectivity index (χ0v) is 12.8. The number of nitrogens with zero attached hydrogens (tertiary/aromatic N) is 1. The first-order valence-corrected chi connectivity index (χ1v) is 7.64. The molecular weight excluding hydrogens is 252 g/mol. The Kier molecular flexibility index (Phi) is 4.81. The molecule has 2 N–H and O–H groups in total. The predicted molar refractivity (Wildman–Crippen MR) is 87.0 cm³/mol. The third kappa shape index (κ3) is 3.27. The maximum absolute atomic E-state index is 5.89. The monoisotopic (exact) mass is 276 g/mol. The van der Waals surface area contributed by atoms with Crippen molar-refractivity contribution in [1.82, 2.24) is 0 Å². The van der Waals surface area contributed by atoms with Crippen LogP contribution in [0.2, 0.25) is 0 Å². The molecule has 19 heavy (non-hydrogen) atoms. The molecule has 1 aliphatic carbocycles. The highest BCUT2D eigenvalue weighted by atomic mass is 32.1. The van der Waals surface area contributed by atoms with Gasteiger partial charge in [0.15, 0.2) is 0 Å². The molecular formula is C16H24N2S. The topological polar surface area (TPSA) is 29.3 Å². The molecule has 0 saturated heterocycles. The Balaban J connectivity index is 2.31. The molecule has 0 unspecified atom stereocenters. The van der Waals surface area contributed by atoms with E-state index in [2.05, 4.69) is 24.9 Å². The lowest BCUT2D eigenvalue weighted by molar-refractivity contribution is 0.552. The van der Waals surface area contributed by atoms with Gasteiger partial charge in [0.05, 0.1) is 0 Å². The maximum Gasteiger partial charge on any atom is 0.106 e. The normalized spacial score (nSPS) is 16.9. The van der Waals surface area contributed by atoms with Crippen LogP contribution in [0.15, 0.2) is 18.2 Å². The van der Waals surface area contributed by atoms with Gasteiger partial charge in [0, 0.05) is 24.3 Å². The van der Waals surface area contributed by atoms with Crippen LogP contribution >= 0.6 is 12.2 Å². The minimum atomic E-state index is 0.499. The predicted octanol–water partition coefficient (Wildman–Crippen LogP) is 3.79. The van der Waals surface area contributed by atoms with Crippen molar-refractivity contribution in [3.63, 3.8) is 0 Å². The van der Waals surface area contributed by atoms with Gasteiger partial charge in [0.2, 0.25) is 0 Å². The molecule has 0 bridgehead atoms. The average molecular weight is 276 g/mol. The Bertz CT molecular complexity index is 448. The highest BCUT2D eigenvalue weighted by Crippen LogP contribution is 2.30. The van der Waals surface area contributed by atoms with Gasteiger partial charge in [-0.15, -0.1) is 0 Å². The first-order valence-electron chi connectivity index (χ1n) is 7.23. The fourth-order valence-corrected chi connectivity index (χ4v) is 3.32. The van der Waals surface area contributed by atoms with E-state index in [1.54, 1.807) is 0 Å². The van der Waals surface area contributed by atoms with Crippen molar-refractivity contribution in [3.8, 4) is 0 Å². The van der Waals surface area contributed by atoms with Crippen LogP contribution in [0, 0.1) is 6.92 Å². The number of nitrogens with two attached hydrogens (primary N) is 1. The second-order valence-corrected chi connectivity index (χ2v) is 6.03. The number of hydrogen-bond acceptors (Lipinski definition) is 2.